The van der Waals surface area contributed by atoms with Crippen molar-refractivity contribution >= 4 is 11.9 Å². The Labute approximate surface area is 125 Å². The smallest absolute Gasteiger partial charge is 0.323 e. The average molecular weight is 296 g/mol. The number of carbonyl (C=O) groups excluding carboxylic acids is 2. The lowest BCUT2D eigenvalue weighted by atomic mass is 9.79. The van der Waals surface area contributed by atoms with Crippen LogP contribution in [-0.4, -0.2) is 34.9 Å². The zero-order chi connectivity index (χ0) is 15.9. The maximum atomic E-state index is 12.3. The molecule has 0 aliphatic rings. The van der Waals surface area contributed by atoms with Crippen LogP contribution in [0.15, 0.2) is 12.4 Å². The summed E-state index contributed by atoms with van der Waals surface area (Å²) in [5.74, 6) is -1.06. The van der Waals surface area contributed by atoms with Crippen molar-refractivity contribution in [3.8, 4) is 0 Å². The van der Waals surface area contributed by atoms with Gasteiger partial charge in [0.05, 0.1) is 19.4 Å². The SMILES string of the molecule is CCOC(=O)C(CC)(Cc1cnn(CC)c1)C(=O)OCC. The number of hydrogen-bond acceptors (Lipinski definition) is 5. The van der Waals surface area contributed by atoms with E-state index >= 15 is 0 Å². The lowest BCUT2D eigenvalue weighted by molar-refractivity contribution is -0.172. The molecule has 0 amide bonds. The van der Waals surface area contributed by atoms with Gasteiger partial charge < -0.3 is 9.47 Å². The Morgan fingerprint density at radius 2 is 1.71 bits per heavy atom. The molecular formula is C15H24N2O4. The second kappa shape index (κ2) is 7.81. The third-order valence-corrected chi connectivity index (χ3v) is 3.45. The number of nitrogens with zero attached hydrogens (tertiary/aromatic N) is 2. The predicted molar refractivity (Wildman–Crippen MR) is 77.6 cm³/mol. The van der Waals surface area contributed by atoms with Crippen LogP contribution < -0.4 is 0 Å². The molecule has 118 valence electrons. The first kappa shape index (κ1) is 17.2. The van der Waals surface area contributed by atoms with Crippen LogP contribution in [0, 0.1) is 5.41 Å². The van der Waals surface area contributed by atoms with E-state index in [9.17, 15) is 9.59 Å². The first-order valence-corrected chi connectivity index (χ1v) is 7.39. The van der Waals surface area contributed by atoms with Crippen LogP contribution >= 0.6 is 0 Å². The van der Waals surface area contributed by atoms with Crippen molar-refractivity contribution in [2.45, 2.75) is 47.1 Å². The lowest BCUT2D eigenvalue weighted by Gasteiger charge is -2.27. The van der Waals surface area contributed by atoms with E-state index in [-0.39, 0.29) is 19.6 Å². The zero-order valence-electron chi connectivity index (χ0n) is 13.2. The van der Waals surface area contributed by atoms with Crippen LogP contribution in [0.2, 0.25) is 0 Å². The number of aromatic nitrogens is 2. The summed E-state index contributed by atoms with van der Waals surface area (Å²) >= 11 is 0. The Hall–Kier alpha value is -1.85. The van der Waals surface area contributed by atoms with E-state index in [1.165, 1.54) is 0 Å². The molecule has 21 heavy (non-hydrogen) atoms. The first-order valence-electron chi connectivity index (χ1n) is 7.39. The fourth-order valence-electron chi connectivity index (χ4n) is 2.20. The number of esters is 2. The van der Waals surface area contributed by atoms with Crippen molar-refractivity contribution in [3.63, 3.8) is 0 Å². The minimum atomic E-state index is -1.30. The predicted octanol–water partition coefficient (Wildman–Crippen LogP) is 1.97. The first-order chi connectivity index (χ1) is 10.0. The number of hydrogen-bond donors (Lipinski definition) is 0. The summed E-state index contributed by atoms with van der Waals surface area (Å²) in [6.07, 6.45) is 4.07. The number of carbonyl (C=O) groups is 2. The van der Waals surface area contributed by atoms with Gasteiger partial charge in [-0.1, -0.05) is 6.92 Å². The molecule has 0 aliphatic carbocycles. The molecule has 6 nitrogen and oxygen atoms in total. The molecule has 0 aromatic carbocycles. The van der Waals surface area contributed by atoms with E-state index in [4.69, 9.17) is 9.47 Å². The standard InChI is InChI=1S/C15H24N2O4/c1-5-15(13(18)20-7-3,14(19)21-8-4)9-12-10-16-17(6-2)11-12/h10-11H,5-9H2,1-4H3. The van der Waals surface area contributed by atoms with Crippen molar-refractivity contribution in [2.75, 3.05) is 13.2 Å². The Kier molecular flexibility index (Phi) is 6.39. The van der Waals surface area contributed by atoms with Gasteiger partial charge in [-0.05, 0) is 32.8 Å². The summed E-state index contributed by atoms with van der Waals surface area (Å²) in [6.45, 7) is 8.40. The monoisotopic (exact) mass is 296 g/mol. The molecule has 0 aliphatic heterocycles. The molecule has 0 fully saturated rings. The molecule has 6 heteroatoms. The van der Waals surface area contributed by atoms with Crippen LogP contribution in [0.4, 0.5) is 0 Å². The summed E-state index contributed by atoms with van der Waals surface area (Å²) < 4.78 is 12.0. The number of rotatable bonds is 8. The quantitative estimate of drug-likeness (QED) is 0.542. The summed E-state index contributed by atoms with van der Waals surface area (Å²) in [6, 6.07) is 0. The van der Waals surface area contributed by atoms with E-state index in [2.05, 4.69) is 5.10 Å². The molecule has 0 saturated heterocycles. The van der Waals surface area contributed by atoms with Crippen molar-refractivity contribution in [1.29, 1.82) is 0 Å². The molecule has 0 N–H and O–H groups in total. The van der Waals surface area contributed by atoms with Crippen LogP contribution in [0.25, 0.3) is 0 Å². The number of aryl methyl sites for hydroxylation is 1. The van der Waals surface area contributed by atoms with E-state index in [1.54, 1.807) is 31.6 Å². The second-order valence-electron chi connectivity index (χ2n) is 4.76. The summed E-state index contributed by atoms with van der Waals surface area (Å²) in [7, 11) is 0. The Morgan fingerprint density at radius 1 is 1.14 bits per heavy atom. The summed E-state index contributed by atoms with van der Waals surface area (Å²) in [5, 5.41) is 4.18. The highest BCUT2D eigenvalue weighted by atomic mass is 16.6. The van der Waals surface area contributed by atoms with Gasteiger partial charge in [0.2, 0.25) is 0 Å². The minimum absolute atomic E-state index is 0.230. The average Bonchev–Trinajstić information content (AvgIpc) is 2.92. The van der Waals surface area contributed by atoms with Crippen molar-refractivity contribution in [3.05, 3.63) is 18.0 Å². The Balaban J connectivity index is 3.09. The van der Waals surface area contributed by atoms with Crippen molar-refractivity contribution in [1.82, 2.24) is 9.78 Å². The van der Waals surface area contributed by atoms with Crippen LogP contribution in [-0.2, 0) is 32.0 Å². The van der Waals surface area contributed by atoms with Gasteiger partial charge in [0.25, 0.3) is 0 Å². The van der Waals surface area contributed by atoms with Gasteiger partial charge in [-0.3, -0.25) is 14.3 Å². The molecular weight excluding hydrogens is 272 g/mol. The molecule has 0 spiro atoms. The third-order valence-electron chi connectivity index (χ3n) is 3.45. The van der Waals surface area contributed by atoms with Crippen molar-refractivity contribution in [2.24, 2.45) is 5.41 Å². The molecule has 0 bridgehead atoms. The maximum Gasteiger partial charge on any atom is 0.323 e. The van der Waals surface area contributed by atoms with Crippen LogP contribution in [0.5, 0.6) is 0 Å². The normalized spacial score (nSPS) is 11.2. The zero-order valence-corrected chi connectivity index (χ0v) is 13.2. The fraction of sp³-hybridized carbons (Fsp3) is 0.667. The molecule has 1 aromatic rings. The van der Waals surface area contributed by atoms with Crippen molar-refractivity contribution < 1.29 is 19.1 Å². The molecule has 1 aromatic heterocycles. The van der Waals surface area contributed by atoms with E-state index in [0.29, 0.717) is 6.42 Å². The second-order valence-corrected chi connectivity index (χ2v) is 4.76. The minimum Gasteiger partial charge on any atom is -0.465 e. The molecule has 0 radical (unpaired) electrons. The van der Waals surface area contributed by atoms with Gasteiger partial charge in [-0.2, -0.15) is 5.10 Å². The fourth-order valence-corrected chi connectivity index (χ4v) is 2.20. The van der Waals surface area contributed by atoms with Gasteiger partial charge in [0, 0.05) is 19.2 Å². The van der Waals surface area contributed by atoms with E-state index in [1.807, 2.05) is 13.1 Å². The topological polar surface area (TPSA) is 70.4 Å². The van der Waals surface area contributed by atoms with Crippen LogP contribution in [0.1, 0.15) is 39.7 Å². The summed E-state index contributed by atoms with van der Waals surface area (Å²) in [4.78, 5) is 24.7. The molecule has 1 heterocycles. The molecule has 0 unspecified atom stereocenters. The Bertz CT molecular complexity index is 464. The van der Waals surface area contributed by atoms with Gasteiger partial charge in [0.1, 0.15) is 0 Å². The third kappa shape index (κ3) is 3.83. The molecule has 0 atom stereocenters. The van der Waals surface area contributed by atoms with Gasteiger partial charge in [-0.15, -0.1) is 0 Å². The highest BCUT2D eigenvalue weighted by Crippen LogP contribution is 2.31. The van der Waals surface area contributed by atoms with Crippen LogP contribution in [0.3, 0.4) is 0 Å². The largest absolute Gasteiger partial charge is 0.465 e. The number of ether oxygens (including phenoxy) is 2. The summed E-state index contributed by atoms with van der Waals surface area (Å²) in [5.41, 5.74) is -0.479. The highest BCUT2D eigenvalue weighted by molar-refractivity contribution is 6.00. The highest BCUT2D eigenvalue weighted by Gasteiger charge is 2.47. The lowest BCUT2D eigenvalue weighted by Crippen LogP contribution is -2.43. The molecule has 1 rings (SSSR count). The van der Waals surface area contributed by atoms with Gasteiger partial charge in [0.15, 0.2) is 5.41 Å². The van der Waals surface area contributed by atoms with E-state index in [0.717, 1.165) is 12.1 Å². The maximum absolute atomic E-state index is 12.3. The Morgan fingerprint density at radius 3 is 2.10 bits per heavy atom. The van der Waals surface area contributed by atoms with E-state index < -0.39 is 17.4 Å². The van der Waals surface area contributed by atoms with Gasteiger partial charge >= 0.3 is 11.9 Å². The van der Waals surface area contributed by atoms with Gasteiger partial charge in [-0.25, -0.2) is 0 Å². The molecule has 0 saturated carbocycles.